The molecule has 0 radical (unpaired) electrons. The average molecular weight is 438 g/mol. The maximum absolute atomic E-state index is 13.5. The summed E-state index contributed by atoms with van der Waals surface area (Å²) in [6, 6.07) is -0.168. The number of alkyl halides is 3. The summed E-state index contributed by atoms with van der Waals surface area (Å²) in [5.41, 5.74) is -0.574. The summed E-state index contributed by atoms with van der Waals surface area (Å²) in [7, 11) is 0. The fourth-order valence-electron chi connectivity index (χ4n) is 4.04. The molecule has 8 nitrogen and oxygen atoms in total. The first kappa shape index (κ1) is 20.3. The van der Waals surface area contributed by atoms with Crippen molar-refractivity contribution in [2.24, 2.45) is 5.92 Å². The number of nitrogens with zero attached hydrogens (tertiary/aromatic N) is 4. The first-order valence-corrected chi connectivity index (χ1v) is 10.5. The SMILES string of the molecule is CC(C)(O)Cn1nc(C2CC2)c2c1OC[C@@H]1CC[C@H]1Nc1nc(ncc1C(F)(F)F)N2. The molecular formula is C20H25F3N6O2. The van der Waals surface area contributed by atoms with E-state index in [0.717, 1.165) is 37.6 Å². The number of hydrogen-bond donors (Lipinski definition) is 3. The molecule has 2 aromatic rings. The molecule has 0 unspecified atom stereocenters. The van der Waals surface area contributed by atoms with Gasteiger partial charge in [0.05, 0.1) is 24.4 Å². The number of ether oxygens (including phenoxy) is 1. The van der Waals surface area contributed by atoms with E-state index in [0.29, 0.717) is 18.2 Å². The summed E-state index contributed by atoms with van der Waals surface area (Å²) in [4.78, 5) is 8.09. The fraction of sp³-hybridized carbons (Fsp3) is 0.650. The Kier molecular flexibility index (Phi) is 4.58. The third-order valence-electron chi connectivity index (χ3n) is 5.94. The monoisotopic (exact) mass is 438 g/mol. The highest BCUT2D eigenvalue weighted by atomic mass is 19.4. The lowest BCUT2D eigenvalue weighted by Gasteiger charge is -2.37. The van der Waals surface area contributed by atoms with Crippen molar-refractivity contribution >= 4 is 17.5 Å². The first-order valence-electron chi connectivity index (χ1n) is 10.5. The average Bonchev–Trinajstić information content (AvgIpc) is 3.43. The van der Waals surface area contributed by atoms with Gasteiger partial charge in [0.25, 0.3) is 0 Å². The Labute approximate surface area is 177 Å². The zero-order chi connectivity index (χ0) is 22.0. The van der Waals surface area contributed by atoms with Gasteiger partial charge in [-0.15, -0.1) is 0 Å². The minimum atomic E-state index is -4.56. The van der Waals surface area contributed by atoms with E-state index in [1.807, 2.05) is 0 Å². The third kappa shape index (κ3) is 4.02. The molecule has 11 heteroatoms. The predicted molar refractivity (Wildman–Crippen MR) is 106 cm³/mol. The zero-order valence-corrected chi connectivity index (χ0v) is 17.3. The van der Waals surface area contributed by atoms with Crippen LogP contribution < -0.4 is 15.4 Å². The molecule has 0 amide bonds. The summed E-state index contributed by atoms with van der Waals surface area (Å²) in [6.45, 7) is 3.93. The van der Waals surface area contributed by atoms with Gasteiger partial charge in [-0.1, -0.05) is 0 Å². The number of fused-ring (bicyclic) bond motifs is 4. The number of nitrogens with one attached hydrogen (secondary N) is 2. The summed E-state index contributed by atoms with van der Waals surface area (Å²) >= 11 is 0. The predicted octanol–water partition coefficient (Wildman–Crippen LogP) is 3.67. The van der Waals surface area contributed by atoms with Gasteiger partial charge in [0.15, 0.2) is 0 Å². The lowest BCUT2D eigenvalue weighted by Crippen LogP contribution is -2.42. The van der Waals surface area contributed by atoms with Gasteiger partial charge in [0.2, 0.25) is 11.8 Å². The maximum Gasteiger partial charge on any atom is 0.421 e. The van der Waals surface area contributed by atoms with Crippen LogP contribution >= 0.6 is 0 Å². The maximum atomic E-state index is 13.5. The zero-order valence-electron chi connectivity index (χ0n) is 17.3. The van der Waals surface area contributed by atoms with Crippen LogP contribution in [0.1, 0.15) is 56.7 Å². The smallest absolute Gasteiger partial charge is 0.421 e. The van der Waals surface area contributed by atoms with Gasteiger partial charge in [-0.25, -0.2) is 9.67 Å². The summed E-state index contributed by atoms with van der Waals surface area (Å²) in [5, 5.41) is 21.1. The van der Waals surface area contributed by atoms with Crippen molar-refractivity contribution in [1.82, 2.24) is 19.7 Å². The minimum absolute atomic E-state index is 0.0420. The van der Waals surface area contributed by atoms with E-state index < -0.39 is 17.3 Å². The lowest BCUT2D eigenvalue weighted by molar-refractivity contribution is -0.137. The first-order chi connectivity index (χ1) is 14.6. The molecule has 168 valence electrons. The van der Waals surface area contributed by atoms with Crippen molar-refractivity contribution in [2.75, 3.05) is 17.2 Å². The lowest BCUT2D eigenvalue weighted by atomic mass is 9.80. The van der Waals surface area contributed by atoms with E-state index in [1.165, 1.54) is 0 Å². The van der Waals surface area contributed by atoms with Crippen LogP contribution in [0.5, 0.6) is 5.88 Å². The number of rotatable bonds is 3. The van der Waals surface area contributed by atoms with E-state index in [-0.39, 0.29) is 36.2 Å². The van der Waals surface area contributed by atoms with Gasteiger partial charge in [0.1, 0.15) is 17.1 Å². The van der Waals surface area contributed by atoms with E-state index in [1.54, 1.807) is 18.5 Å². The van der Waals surface area contributed by atoms with E-state index in [9.17, 15) is 18.3 Å². The second-order valence-electron chi connectivity index (χ2n) is 9.29. The van der Waals surface area contributed by atoms with Crippen LogP contribution in [-0.4, -0.2) is 43.1 Å². The van der Waals surface area contributed by atoms with Crippen molar-refractivity contribution in [3.8, 4) is 5.88 Å². The minimum Gasteiger partial charge on any atom is -0.476 e. The number of hydrogen-bond acceptors (Lipinski definition) is 7. The van der Waals surface area contributed by atoms with Gasteiger partial charge in [-0.3, -0.25) is 0 Å². The Morgan fingerprint density at radius 1 is 1.23 bits per heavy atom. The molecule has 31 heavy (non-hydrogen) atoms. The molecule has 2 fully saturated rings. The molecule has 5 rings (SSSR count). The topological polar surface area (TPSA) is 97.1 Å². The van der Waals surface area contributed by atoms with Crippen LogP contribution in [0.25, 0.3) is 0 Å². The molecule has 0 aromatic carbocycles. The van der Waals surface area contributed by atoms with Gasteiger partial charge in [0, 0.05) is 24.1 Å². The standard InChI is InChI=1S/C20H25F3N6O2/c1-19(2,30)9-29-17-15(14(28-29)10-3-4-10)26-18-24-7-12(20(21,22)23)16(27-18)25-13-6-5-11(13)8-31-17/h7,10-11,13,30H,3-6,8-9H2,1-2H3,(H2,24,25,26,27)/t11-,13+/m0/s1. The molecule has 2 saturated carbocycles. The molecule has 0 spiro atoms. The van der Waals surface area contributed by atoms with E-state index >= 15 is 0 Å². The number of anilines is 3. The Morgan fingerprint density at radius 3 is 2.61 bits per heavy atom. The highest BCUT2D eigenvalue weighted by molar-refractivity contribution is 5.66. The van der Waals surface area contributed by atoms with Crippen LogP contribution in [0, 0.1) is 5.92 Å². The van der Waals surface area contributed by atoms with Crippen molar-refractivity contribution in [1.29, 1.82) is 0 Å². The normalized spacial score (nSPS) is 23.3. The van der Waals surface area contributed by atoms with Crippen molar-refractivity contribution in [3.63, 3.8) is 0 Å². The van der Waals surface area contributed by atoms with Crippen molar-refractivity contribution < 1.29 is 23.0 Å². The molecule has 2 aromatic heterocycles. The van der Waals surface area contributed by atoms with Gasteiger partial charge in [-0.05, 0) is 39.5 Å². The van der Waals surface area contributed by atoms with Gasteiger partial charge < -0.3 is 20.5 Å². The van der Waals surface area contributed by atoms with Crippen LogP contribution in [0.15, 0.2) is 6.20 Å². The molecule has 3 N–H and O–H groups in total. The number of halogens is 3. The highest BCUT2D eigenvalue weighted by Gasteiger charge is 2.40. The Balaban J connectivity index is 1.61. The van der Waals surface area contributed by atoms with E-state index in [2.05, 4.69) is 25.7 Å². The Bertz CT molecular complexity index is 996. The quantitative estimate of drug-likeness (QED) is 0.673. The Morgan fingerprint density at radius 2 is 2.00 bits per heavy atom. The Hall–Kier alpha value is -2.56. The second-order valence-corrected chi connectivity index (χ2v) is 9.29. The molecule has 3 aliphatic rings. The molecule has 0 saturated heterocycles. The highest BCUT2D eigenvalue weighted by Crippen LogP contribution is 2.47. The van der Waals surface area contributed by atoms with E-state index in [4.69, 9.17) is 4.74 Å². The van der Waals surface area contributed by atoms with Crippen LogP contribution in [-0.2, 0) is 12.7 Å². The summed E-state index contributed by atoms with van der Waals surface area (Å²) < 4.78 is 48.3. The molecule has 2 atom stereocenters. The van der Waals surface area contributed by atoms with Crippen LogP contribution in [0.3, 0.4) is 0 Å². The van der Waals surface area contributed by atoms with Crippen LogP contribution in [0.4, 0.5) is 30.6 Å². The van der Waals surface area contributed by atoms with Gasteiger partial charge in [-0.2, -0.15) is 23.3 Å². The third-order valence-corrected chi connectivity index (χ3v) is 5.94. The summed E-state index contributed by atoms with van der Waals surface area (Å²) in [6.07, 6.45) is -0.228. The number of aromatic nitrogens is 4. The summed E-state index contributed by atoms with van der Waals surface area (Å²) in [5.74, 6) is 0.561. The second kappa shape index (κ2) is 6.98. The molecular weight excluding hydrogens is 413 g/mol. The van der Waals surface area contributed by atoms with Crippen molar-refractivity contribution in [3.05, 3.63) is 17.5 Å². The van der Waals surface area contributed by atoms with Crippen LogP contribution in [0.2, 0.25) is 0 Å². The van der Waals surface area contributed by atoms with Crippen molar-refractivity contribution in [2.45, 2.75) is 69.8 Å². The molecule has 1 aliphatic heterocycles. The van der Waals surface area contributed by atoms with Gasteiger partial charge >= 0.3 is 6.18 Å². The number of aliphatic hydroxyl groups is 1. The molecule has 2 bridgehead atoms. The largest absolute Gasteiger partial charge is 0.476 e. The fourth-order valence-corrected chi connectivity index (χ4v) is 4.04. The molecule has 3 heterocycles. The molecule has 2 aliphatic carbocycles.